The minimum atomic E-state index is 0. The first-order valence-corrected chi connectivity index (χ1v) is 16.3. The van der Waals surface area contributed by atoms with Crippen LogP contribution in [0.3, 0.4) is 0 Å². The maximum absolute atomic E-state index is 9.35. The average Bonchev–Trinajstić information content (AvgIpc) is 3.38. The average molecular weight is 795 g/mol. The van der Waals surface area contributed by atoms with Crippen LogP contribution >= 0.6 is 0 Å². The quantitative estimate of drug-likeness (QED) is 0.0445. The standard InChI is InChI=1S/C37H46N8O2.2BrH/c1-41-35-14-8-9-15-36(35)45(37(41)40-39-32-16-18-34(19-17-32)44(26-28-46)27-29-47)23-11-4-3-10-22-43-24-20-31(21-25-43)30-38-42(2)33-12-6-5-7-13-33;;/h5-9,12-21,24-25,30,46-47H,3-4,10-11,22-23,26-29H2,1-2H3;2*1H/q+2;;/p-2. The number of benzene rings is 3. The number of azo groups is 1. The van der Waals surface area contributed by atoms with Gasteiger partial charge in [0.1, 0.15) is 23.3 Å². The van der Waals surface area contributed by atoms with E-state index >= 15 is 0 Å². The molecule has 2 N–H and O–H groups in total. The fourth-order valence-electron chi connectivity index (χ4n) is 5.64. The number of hydrogen-bond donors (Lipinski definition) is 2. The smallest absolute Gasteiger partial charge is 0.422 e. The summed E-state index contributed by atoms with van der Waals surface area (Å²) in [6.45, 7) is 2.84. The van der Waals surface area contributed by atoms with Gasteiger partial charge in [-0.05, 0) is 61.4 Å². The zero-order chi connectivity index (χ0) is 32.8. The number of imidazole rings is 1. The van der Waals surface area contributed by atoms with E-state index in [2.05, 4.69) is 72.7 Å². The number of fused-ring (bicyclic) bond motifs is 1. The van der Waals surface area contributed by atoms with Gasteiger partial charge in [-0.25, -0.2) is 13.7 Å². The van der Waals surface area contributed by atoms with Crippen molar-refractivity contribution in [3.05, 3.63) is 109 Å². The zero-order valence-corrected chi connectivity index (χ0v) is 31.4. The minimum Gasteiger partial charge on any atom is -1.00 e. The molecule has 0 fully saturated rings. The molecule has 2 aromatic heterocycles. The van der Waals surface area contributed by atoms with Gasteiger partial charge in [0.05, 0.1) is 38.7 Å². The largest absolute Gasteiger partial charge is 1.00 e. The molecule has 0 spiro atoms. The second-order valence-electron chi connectivity index (χ2n) is 11.5. The Morgan fingerprint density at radius 1 is 0.735 bits per heavy atom. The van der Waals surface area contributed by atoms with E-state index < -0.39 is 0 Å². The van der Waals surface area contributed by atoms with Gasteiger partial charge in [-0.1, -0.05) is 41.9 Å². The third-order valence-electron chi connectivity index (χ3n) is 8.26. The second kappa shape index (κ2) is 20.5. The Labute approximate surface area is 310 Å². The van der Waals surface area contributed by atoms with E-state index in [0.717, 1.165) is 78.4 Å². The molecular formula is C37H46Br2N8O2. The van der Waals surface area contributed by atoms with Crippen molar-refractivity contribution < 1.29 is 53.3 Å². The van der Waals surface area contributed by atoms with Gasteiger partial charge in [0, 0.05) is 55.1 Å². The molecule has 49 heavy (non-hydrogen) atoms. The van der Waals surface area contributed by atoms with Crippen molar-refractivity contribution in [2.75, 3.05) is 43.3 Å². The van der Waals surface area contributed by atoms with Gasteiger partial charge >= 0.3 is 5.95 Å². The van der Waals surface area contributed by atoms with Crippen molar-refractivity contribution in [2.24, 2.45) is 22.4 Å². The molecule has 0 aliphatic heterocycles. The summed E-state index contributed by atoms with van der Waals surface area (Å²) in [5.74, 6) is 0.812. The summed E-state index contributed by atoms with van der Waals surface area (Å²) < 4.78 is 6.60. The molecule has 0 amide bonds. The summed E-state index contributed by atoms with van der Waals surface area (Å²) in [7, 11) is 3.99. The number of halogens is 2. The lowest BCUT2D eigenvalue weighted by atomic mass is 10.2. The van der Waals surface area contributed by atoms with Gasteiger partial charge in [0.25, 0.3) is 0 Å². The number of para-hydroxylation sites is 3. The fraction of sp³-hybridized carbons (Fsp3) is 0.324. The van der Waals surface area contributed by atoms with Gasteiger partial charge in [-0.15, -0.1) is 0 Å². The normalized spacial score (nSPS) is 11.2. The first-order valence-electron chi connectivity index (χ1n) is 16.3. The van der Waals surface area contributed by atoms with Crippen LogP contribution in [-0.4, -0.2) is 54.3 Å². The molecule has 5 aromatic rings. The highest BCUT2D eigenvalue weighted by Crippen LogP contribution is 2.25. The molecule has 0 aliphatic rings. The Hall–Kier alpha value is -3.97. The van der Waals surface area contributed by atoms with Crippen LogP contribution in [-0.2, 0) is 20.1 Å². The van der Waals surface area contributed by atoms with Crippen molar-refractivity contribution in [2.45, 2.75) is 38.8 Å². The van der Waals surface area contributed by atoms with Crippen LogP contribution in [0.2, 0.25) is 0 Å². The van der Waals surface area contributed by atoms with E-state index in [4.69, 9.17) is 5.11 Å². The van der Waals surface area contributed by atoms with Gasteiger partial charge in [0.2, 0.25) is 0 Å². The third-order valence-corrected chi connectivity index (χ3v) is 8.26. The van der Waals surface area contributed by atoms with Crippen molar-refractivity contribution >= 4 is 40.3 Å². The summed E-state index contributed by atoms with van der Waals surface area (Å²) in [5.41, 5.74) is 6.08. The van der Waals surface area contributed by atoms with E-state index in [1.54, 1.807) is 0 Å². The number of unbranched alkanes of at least 4 members (excludes halogenated alkanes) is 3. The fourth-order valence-corrected chi connectivity index (χ4v) is 5.64. The molecule has 10 nitrogen and oxygen atoms in total. The molecule has 0 saturated heterocycles. The number of pyridine rings is 1. The molecule has 0 aliphatic carbocycles. The highest BCUT2D eigenvalue weighted by Gasteiger charge is 2.22. The monoisotopic (exact) mass is 792 g/mol. The number of hydrogen-bond acceptors (Lipinski definition) is 7. The number of aryl methyl sites for hydroxylation is 3. The lowest BCUT2D eigenvalue weighted by Crippen LogP contribution is -3.00. The number of aromatic nitrogens is 3. The Balaban J connectivity index is 0.00000325. The summed E-state index contributed by atoms with van der Waals surface area (Å²) in [4.78, 5) is 1.94. The highest BCUT2D eigenvalue weighted by molar-refractivity contribution is 5.79. The minimum absolute atomic E-state index is 0. The van der Waals surface area contributed by atoms with Crippen LogP contribution in [0, 0.1) is 0 Å². The number of rotatable bonds is 17. The number of aliphatic hydroxyl groups is 2. The SMILES string of the molecule is CN(/N=C\c1cc[n+](CCCCCCn2c(N=Nc3ccc(N(CCO)CCO)cc3)[n+](C)c3ccccc32)cc1)c1ccccc1.[Br-].[Br-]. The van der Waals surface area contributed by atoms with Crippen molar-refractivity contribution in [3.63, 3.8) is 0 Å². The van der Waals surface area contributed by atoms with E-state index in [-0.39, 0.29) is 47.2 Å². The first-order chi connectivity index (χ1) is 23.1. The summed E-state index contributed by atoms with van der Waals surface area (Å²) in [5, 5.41) is 34.4. The van der Waals surface area contributed by atoms with Gasteiger partial charge < -0.3 is 49.1 Å². The molecule has 5 rings (SSSR count). The van der Waals surface area contributed by atoms with Crippen molar-refractivity contribution in [3.8, 4) is 0 Å². The number of aliphatic hydroxyl groups excluding tert-OH is 2. The number of anilines is 2. The van der Waals surface area contributed by atoms with Crippen molar-refractivity contribution in [1.29, 1.82) is 0 Å². The number of nitrogens with zero attached hydrogens (tertiary/aromatic N) is 8. The van der Waals surface area contributed by atoms with Crippen molar-refractivity contribution in [1.82, 2.24) is 4.57 Å². The van der Waals surface area contributed by atoms with E-state index in [1.807, 2.05) is 84.8 Å². The third kappa shape index (κ3) is 11.0. The van der Waals surface area contributed by atoms with Crippen LogP contribution in [0.4, 0.5) is 23.0 Å². The highest BCUT2D eigenvalue weighted by atomic mass is 79.9. The van der Waals surface area contributed by atoms with Crippen LogP contribution in [0.1, 0.15) is 31.2 Å². The zero-order valence-electron chi connectivity index (χ0n) is 28.2. The van der Waals surface area contributed by atoms with Crippen LogP contribution < -0.4 is 53.0 Å². The first kappa shape index (κ1) is 39.5. The second-order valence-corrected chi connectivity index (χ2v) is 11.5. The molecule has 0 atom stereocenters. The van der Waals surface area contributed by atoms with Gasteiger partial charge in [-0.2, -0.15) is 5.10 Å². The Morgan fingerprint density at radius 2 is 1.39 bits per heavy atom. The number of hydrazone groups is 1. The lowest BCUT2D eigenvalue weighted by molar-refractivity contribution is -0.697. The maximum atomic E-state index is 9.35. The van der Waals surface area contributed by atoms with Gasteiger partial charge in [0.15, 0.2) is 12.4 Å². The van der Waals surface area contributed by atoms with Gasteiger partial charge in [-0.3, -0.25) is 5.01 Å². The Bertz CT molecular complexity index is 1740. The molecule has 0 bridgehead atoms. The Morgan fingerprint density at radius 3 is 2.08 bits per heavy atom. The predicted octanol–water partition coefficient (Wildman–Crippen LogP) is -0.301. The van der Waals surface area contributed by atoms with E-state index in [0.29, 0.717) is 13.1 Å². The lowest BCUT2D eigenvalue weighted by Gasteiger charge is -2.22. The predicted molar refractivity (Wildman–Crippen MR) is 188 cm³/mol. The summed E-state index contributed by atoms with van der Waals surface area (Å²) in [6.07, 6.45) is 10.6. The topological polar surface area (TPSA) is 96.7 Å². The maximum Gasteiger partial charge on any atom is 0.422 e. The Kier molecular flexibility index (Phi) is 16.5. The molecule has 12 heteroatoms. The molecular weight excluding hydrogens is 748 g/mol. The molecule has 0 unspecified atom stereocenters. The van der Waals surface area contributed by atoms with Crippen LogP contribution in [0.15, 0.2) is 119 Å². The van der Waals surface area contributed by atoms with E-state index in [9.17, 15) is 10.2 Å². The molecule has 0 radical (unpaired) electrons. The summed E-state index contributed by atoms with van der Waals surface area (Å²) in [6, 6.07) is 30.4. The van der Waals surface area contributed by atoms with Crippen LogP contribution in [0.25, 0.3) is 11.0 Å². The molecule has 2 heterocycles. The molecule has 3 aromatic carbocycles. The molecule has 0 saturated carbocycles. The van der Waals surface area contributed by atoms with E-state index in [1.165, 1.54) is 0 Å². The molecule has 260 valence electrons. The van der Waals surface area contributed by atoms with Crippen LogP contribution in [0.5, 0.6) is 0 Å². The summed E-state index contributed by atoms with van der Waals surface area (Å²) >= 11 is 0.